The Kier molecular flexibility index (Phi) is 4.03. The molecule has 2 aliphatic heterocycles. The number of piperidine rings is 1. The SMILES string of the molecule is O=C(CN1CCn2c(nnc2C2CC2)C1)N1CCC[C@@H]2CCCC[C@@H]21. The molecule has 2 aliphatic carbocycles. The van der Waals surface area contributed by atoms with Crippen LogP contribution in [-0.4, -0.2) is 56.1 Å². The Labute approximate surface area is 149 Å². The first kappa shape index (κ1) is 15.8. The topological polar surface area (TPSA) is 54.3 Å². The maximum Gasteiger partial charge on any atom is 0.237 e. The highest BCUT2D eigenvalue weighted by Gasteiger charge is 2.37. The van der Waals surface area contributed by atoms with Gasteiger partial charge in [-0.2, -0.15) is 0 Å². The predicted molar refractivity (Wildman–Crippen MR) is 94.0 cm³/mol. The lowest BCUT2D eigenvalue weighted by Crippen LogP contribution is -2.53. The van der Waals surface area contributed by atoms with Crippen molar-refractivity contribution < 1.29 is 4.79 Å². The Morgan fingerprint density at radius 2 is 1.80 bits per heavy atom. The van der Waals surface area contributed by atoms with Crippen LogP contribution in [0.2, 0.25) is 0 Å². The van der Waals surface area contributed by atoms with Gasteiger partial charge in [-0.15, -0.1) is 10.2 Å². The number of aromatic nitrogens is 3. The van der Waals surface area contributed by atoms with E-state index in [-0.39, 0.29) is 0 Å². The van der Waals surface area contributed by atoms with Crippen LogP contribution in [-0.2, 0) is 17.9 Å². The molecule has 1 aromatic heterocycles. The van der Waals surface area contributed by atoms with Gasteiger partial charge in [0.15, 0.2) is 0 Å². The Morgan fingerprint density at radius 1 is 0.960 bits per heavy atom. The minimum absolute atomic E-state index is 0.340. The van der Waals surface area contributed by atoms with Crippen LogP contribution < -0.4 is 0 Å². The van der Waals surface area contributed by atoms with Gasteiger partial charge in [0.1, 0.15) is 11.6 Å². The molecular formula is C19H29N5O. The third kappa shape index (κ3) is 2.98. The normalized spacial score (nSPS) is 30.0. The van der Waals surface area contributed by atoms with Crippen molar-refractivity contribution in [3.05, 3.63) is 11.6 Å². The van der Waals surface area contributed by atoms with Crippen LogP contribution >= 0.6 is 0 Å². The molecule has 2 saturated carbocycles. The van der Waals surface area contributed by atoms with E-state index in [1.807, 2.05) is 0 Å². The zero-order chi connectivity index (χ0) is 16.8. The molecule has 3 fully saturated rings. The van der Waals surface area contributed by atoms with Crippen LogP contribution in [0.4, 0.5) is 0 Å². The second kappa shape index (κ2) is 6.38. The fourth-order valence-electron chi connectivity index (χ4n) is 5.23. The number of hydrogen-bond donors (Lipinski definition) is 0. The second-order valence-electron chi connectivity index (χ2n) is 8.45. The number of hydrogen-bond acceptors (Lipinski definition) is 4. The predicted octanol–water partition coefficient (Wildman–Crippen LogP) is 2.15. The first-order valence-corrected chi connectivity index (χ1v) is 10.2. The number of carbonyl (C=O) groups is 1. The summed E-state index contributed by atoms with van der Waals surface area (Å²) in [7, 11) is 0. The summed E-state index contributed by atoms with van der Waals surface area (Å²) in [6.07, 6.45) is 10.2. The number of amides is 1. The van der Waals surface area contributed by atoms with Crippen LogP contribution in [0.5, 0.6) is 0 Å². The molecule has 0 N–H and O–H groups in total. The number of likely N-dealkylation sites (tertiary alicyclic amines) is 1. The molecule has 3 heterocycles. The molecular weight excluding hydrogens is 314 g/mol. The third-order valence-electron chi connectivity index (χ3n) is 6.73. The quantitative estimate of drug-likeness (QED) is 0.844. The summed E-state index contributed by atoms with van der Waals surface area (Å²) < 4.78 is 2.30. The molecule has 1 amide bonds. The highest BCUT2D eigenvalue weighted by molar-refractivity contribution is 5.78. The van der Waals surface area contributed by atoms with Crippen molar-refractivity contribution in [2.45, 2.75) is 76.4 Å². The van der Waals surface area contributed by atoms with Gasteiger partial charge < -0.3 is 9.47 Å². The molecule has 1 aromatic rings. The van der Waals surface area contributed by atoms with E-state index in [0.717, 1.165) is 37.9 Å². The van der Waals surface area contributed by atoms with Gasteiger partial charge in [0.2, 0.25) is 5.91 Å². The van der Waals surface area contributed by atoms with E-state index in [1.54, 1.807) is 0 Å². The van der Waals surface area contributed by atoms with Gasteiger partial charge in [-0.25, -0.2) is 0 Å². The molecule has 0 radical (unpaired) electrons. The Morgan fingerprint density at radius 3 is 2.68 bits per heavy atom. The summed E-state index contributed by atoms with van der Waals surface area (Å²) in [4.78, 5) is 17.5. The van der Waals surface area contributed by atoms with E-state index in [9.17, 15) is 4.79 Å². The largest absolute Gasteiger partial charge is 0.338 e. The maximum absolute atomic E-state index is 13.0. The van der Waals surface area contributed by atoms with Crippen LogP contribution in [0.15, 0.2) is 0 Å². The van der Waals surface area contributed by atoms with Crippen LogP contribution in [0.25, 0.3) is 0 Å². The third-order valence-corrected chi connectivity index (χ3v) is 6.73. The van der Waals surface area contributed by atoms with Crippen molar-refractivity contribution >= 4 is 5.91 Å². The van der Waals surface area contributed by atoms with Gasteiger partial charge in [-0.1, -0.05) is 12.8 Å². The summed E-state index contributed by atoms with van der Waals surface area (Å²) in [5.74, 6) is 3.98. The van der Waals surface area contributed by atoms with E-state index < -0.39 is 0 Å². The van der Waals surface area contributed by atoms with E-state index in [1.165, 1.54) is 57.2 Å². The summed E-state index contributed by atoms with van der Waals surface area (Å²) in [5, 5.41) is 8.81. The average Bonchev–Trinajstić information content (AvgIpc) is 3.40. The van der Waals surface area contributed by atoms with Crippen molar-refractivity contribution in [3.63, 3.8) is 0 Å². The zero-order valence-electron chi connectivity index (χ0n) is 15.1. The fraction of sp³-hybridized carbons (Fsp3) is 0.842. The van der Waals surface area contributed by atoms with Crippen molar-refractivity contribution in [1.29, 1.82) is 0 Å². The first-order valence-electron chi connectivity index (χ1n) is 10.2. The molecule has 5 rings (SSSR count). The summed E-state index contributed by atoms with van der Waals surface area (Å²) in [6.45, 7) is 4.17. The number of rotatable bonds is 3. The van der Waals surface area contributed by atoms with Crippen LogP contribution in [0, 0.1) is 5.92 Å². The van der Waals surface area contributed by atoms with E-state index >= 15 is 0 Å². The molecule has 6 heteroatoms. The highest BCUT2D eigenvalue weighted by atomic mass is 16.2. The summed E-state index contributed by atoms with van der Waals surface area (Å²) in [5.41, 5.74) is 0. The molecule has 1 saturated heterocycles. The molecule has 0 aromatic carbocycles. The van der Waals surface area contributed by atoms with E-state index in [2.05, 4.69) is 24.6 Å². The first-order chi connectivity index (χ1) is 12.3. The molecule has 0 bridgehead atoms. The molecule has 2 atom stereocenters. The molecule has 0 spiro atoms. The van der Waals surface area contributed by atoms with Gasteiger partial charge in [0.05, 0.1) is 13.1 Å². The van der Waals surface area contributed by atoms with Gasteiger partial charge in [-0.3, -0.25) is 9.69 Å². The van der Waals surface area contributed by atoms with E-state index in [4.69, 9.17) is 0 Å². The zero-order valence-corrected chi connectivity index (χ0v) is 15.1. The lowest BCUT2D eigenvalue weighted by Gasteiger charge is -2.44. The van der Waals surface area contributed by atoms with Gasteiger partial charge in [0.25, 0.3) is 0 Å². The Bertz CT molecular complexity index is 650. The smallest absolute Gasteiger partial charge is 0.237 e. The molecule has 0 unspecified atom stereocenters. The summed E-state index contributed by atoms with van der Waals surface area (Å²) >= 11 is 0. The van der Waals surface area contributed by atoms with Crippen LogP contribution in [0.3, 0.4) is 0 Å². The number of nitrogens with zero attached hydrogens (tertiary/aromatic N) is 5. The lowest BCUT2D eigenvalue weighted by atomic mass is 9.78. The fourth-order valence-corrected chi connectivity index (χ4v) is 5.23. The van der Waals surface area contributed by atoms with Gasteiger partial charge in [-0.05, 0) is 44.4 Å². The van der Waals surface area contributed by atoms with Gasteiger partial charge >= 0.3 is 0 Å². The van der Waals surface area contributed by atoms with Crippen molar-refractivity contribution in [3.8, 4) is 0 Å². The average molecular weight is 343 g/mol. The Hall–Kier alpha value is -1.43. The molecule has 6 nitrogen and oxygen atoms in total. The lowest BCUT2D eigenvalue weighted by molar-refractivity contribution is -0.139. The number of fused-ring (bicyclic) bond motifs is 2. The van der Waals surface area contributed by atoms with Crippen molar-refractivity contribution in [2.24, 2.45) is 5.92 Å². The van der Waals surface area contributed by atoms with Crippen LogP contribution in [0.1, 0.15) is 68.9 Å². The number of carbonyl (C=O) groups excluding carboxylic acids is 1. The monoisotopic (exact) mass is 343 g/mol. The van der Waals surface area contributed by atoms with Crippen molar-refractivity contribution in [1.82, 2.24) is 24.6 Å². The molecule has 25 heavy (non-hydrogen) atoms. The molecule has 4 aliphatic rings. The second-order valence-corrected chi connectivity index (χ2v) is 8.45. The Balaban J connectivity index is 1.23. The minimum atomic E-state index is 0.340. The minimum Gasteiger partial charge on any atom is -0.338 e. The summed E-state index contributed by atoms with van der Waals surface area (Å²) in [6, 6.07) is 0.518. The van der Waals surface area contributed by atoms with Gasteiger partial charge in [0, 0.05) is 31.6 Å². The van der Waals surface area contributed by atoms with Crippen molar-refractivity contribution in [2.75, 3.05) is 19.6 Å². The maximum atomic E-state index is 13.0. The standard InChI is InChI=1S/C19H29N5O/c25-18(23-9-3-5-14-4-1-2-6-16(14)23)13-22-10-11-24-17(12-22)20-21-19(24)15-7-8-15/h14-16H,1-13H2/t14-,16-/m0/s1. The molecule has 136 valence electrons. The van der Waals surface area contributed by atoms with E-state index in [0.29, 0.717) is 24.4 Å². The highest BCUT2D eigenvalue weighted by Crippen LogP contribution is 2.39.